The Hall–Kier alpha value is -2.71. The van der Waals surface area contributed by atoms with Crippen LogP contribution in [0.25, 0.3) is 0 Å². The summed E-state index contributed by atoms with van der Waals surface area (Å²) in [5.74, 6) is -0.630. The van der Waals surface area contributed by atoms with Crippen LogP contribution in [0, 0.1) is 0 Å². The van der Waals surface area contributed by atoms with Gasteiger partial charge in [-0.15, -0.1) is 0 Å². The first kappa shape index (κ1) is 24.6. The zero-order valence-electron chi connectivity index (χ0n) is 18.7. The van der Waals surface area contributed by atoms with Crippen molar-refractivity contribution in [1.82, 2.24) is 15.4 Å². The lowest BCUT2D eigenvalue weighted by atomic mass is 9.87. The molecule has 31 heavy (non-hydrogen) atoms. The highest BCUT2D eigenvalue weighted by atomic mass is 32.2. The van der Waals surface area contributed by atoms with Gasteiger partial charge in [-0.3, -0.25) is 9.59 Å². The molecule has 0 aliphatic heterocycles. The number of hydrogen-bond donors (Lipinski definition) is 3. The Balaban J connectivity index is 1.94. The molecule has 0 fully saturated rings. The van der Waals surface area contributed by atoms with E-state index in [2.05, 4.69) is 36.1 Å². The summed E-state index contributed by atoms with van der Waals surface area (Å²) in [5.41, 5.74) is 2.11. The number of sulfonamides is 1. The summed E-state index contributed by atoms with van der Waals surface area (Å²) in [7, 11) is -3.65. The minimum absolute atomic E-state index is 0.00360. The largest absolute Gasteiger partial charge is 0.352 e. The highest BCUT2D eigenvalue weighted by Crippen LogP contribution is 2.23. The van der Waals surface area contributed by atoms with Gasteiger partial charge in [0.25, 0.3) is 5.91 Å². The van der Waals surface area contributed by atoms with Crippen LogP contribution in [0.15, 0.2) is 53.4 Å². The smallest absolute Gasteiger partial charge is 0.251 e. The lowest BCUT2D eigenvalue weighted by Crippen LogP contribution is -2.39. The fraction of sp³-hybridized carbons (Fsp3) is 0.391. The number of benzene rings is 2. The second-order valence-corrected chi connectivity index (χ2v) is 10.5. The minimum atomic E-state index is -3.65. The first-order valence-electron chi connectivity index (χ1n) is 10.2. The first-order valence-corrected chi connectivity index (χ1v) is 11.6. The molecule has 0 aliphatic carbocycles. The Morgan fingerprint density at radius 1 is 0.935 bits per heavy atom. The van der Waals surface area contributed by atoms with E-state index in [0.29, 0.717) is 11.1 Å². The summed E-state index contributed by atoms with van der Waals surface area (Å²) in [6.45, 7) is 9.88. The van der Waals surface area contributed by atoms with E-state index >= 15 is 0 Å². The van der Waals surface area contributed by atoms with Crippen LogP contribution in [0.3, 0.4) is 0 Å². The minimum Gasteiger partial charge on any atom is -0.352 e. The second-order valence-electron chi connectivity index (χ2n) is 8.70. The van der Waals surface area contributed by atoms with Gasteiger partial charge in [-0.05, 0) is 54.7 Å². The van der Waals surface area contributed by atoms with Gasteiger partial charge in [0.05, 0.1) is 11.4 Å². The third kappa shape index (κ3) is 7.48. The van der Waals surface area contributed by atoms with Crippen molar-refractivity contribution in [3.05, 3.63) is 65.2 Å². The van der Waals surface area contributed by atoms with Crippen LogP contribution in [0.4, 0.5) is 0 Å². The van der Waals surface area contributed by atoms with Gasteiger partial charge in [0.15, 0.2) is 0 Å². The average Bonchev–Trinajstić information content (AvgIpc) is 2.70. The maximum Gasteiger partial charge on any atom is 0.251 e. The number of rotatable bonds is 8. The Morgan fingerprint density at radius 3 is 2.03 bits per heavy atom. The fourth-order valence-electron chi connectivity index (χ4n) is 2.81. The third-order valence-corrected chi connectivity index (χ3v) is 5.99. The van der Waals surface area contributed by atoms with E-state index in [1.54, 1.807) is 36.4 Å². The topological polar surface area (TPSA) is 104 Å². The van der Waals surface area contributed by atoms with Crippen LogP contribution in [-0.2, 0) is 26.8 Å². The highest BCUT2D eigenvalue weighted by Gasteiger charge is 2.17. The molecule has 0 aliphatic rings. The summed E-state index contributed by atoms with van der Waals surface area (Å²) in [4.78, 5) is 24.0. The number of carbonyl (C=O) groups excluding carboxylic acids is 2. The van der Waals surface area contributed by atoms with Crippen molar-refractivity contribution in [3.63, 3.8) is 0 Å². The summed E-state index contributed by atoms with van der Waals surface area (Å²) in [6, 6.07) is 13.4. The Labute approximate surface area is 184 Å². The molecule has 168 valence electrons. The molecule has 7 nitrogen and oxygen atoms in total. The molecule has 2 aromatic rings. The van der Waals surface area contributed by atoms with Gasteiger partial charge in [0.2, 0.25) is 15.9 Å². The molecule has 0 atom stereocenters. The molecular formula is C23H31N3O4S. The van der Waals surface area contributed by atoms with Crippen LogP contribution in [0.1, 0.15) is 56.1 Å². The van der Waals surface area contributed by atoms with Gasteiger partial charge in [-0.1, -0.05) is 45.0 Å². The molecule has 2 aromatic carbocycles. The molecule has 0 heterocycles. The number of nitrogens with one attached hydrogen (secondary N) is 3. The highest BCUT2D eigenvalue weighted by molar-refractivity contribution is 7.89. The van der Waals surface area contributed by atoms with E-state index < -0.39 is 10.0 Å². The van der Waals surface area contributed by atoms with Gasteiger partial charge in [-0.25, -0.2) is 13.1 Å². The Kier molecular flexibility index (Phi) is 7.97. The molecule has 0 saturated carbocycles. The Bertz CT molecular complexity index is 1010. The predicted octanol–water partition coefficient (Wildman–Crippen LogP) is 2.72. The molecule has 0 spiro atoms. The maximum atomic E-state index is 12.6. The normalized spacial score (nSPS) is 11.9. The molecule has 0 unspecified atom stereocenters. The Morgan fingerprint density at radius 2 is 1.52 bits per heavy atom. The molecule has 0 saturated heterocycles. The zero-order valence-corrected chi connectivity index (χ0v) is 19.5. The van der Waals surface area contributed by atoms with Crippen LogP contribution in [0.2, 0.25) is 0 Å². The number of amides is 2. The van der Waals surface area contributed by atoms with Gasteiger partial charge < -0.3 is 10.6 Å². The van der Waals surface area contributed by atoms with Gasteiger partial charge in [0.1, 0.15) is 0 Å². The lowest BCUT2D eigenvalue weighted by Gasteiger charge is -2.19. The van der Waals surface area contributed by atoms with Crippen molar-refractivity contribution in [1.29, 1.82) is 0 Å². The lowest BCUT2D eigenvalue weighted by molar-refractivity contribution is -0.120. The average molecular weight is 446 g/mol. The molecule has 3 N–H and O–H groups in total. The standard InChI is InChI=1S/C23H31N3O4S/c1-16(2)26-21(27)15-24-22(28)18-8-6-17(7-9-18)14-25-31(29,30)20-12-10-19(11-13-20)23(3,4)5/h6-13,16,25H,14-15H2,1-5H3,(H,24,28)(H,26,27). The van der Waals surface area contributed by atoms with Crippen LogP contribution in [-0.4, -0.2) is 32.8 Å². The summed E-state index contributed by atoms with van der Waals surface area (Å²) >= 11 is 0. The van der Waals surface area contributed by atoms with Crippen LogP contribution >= 0.6 is 0 Å². The molecule has 0 radical (unpaired) electrons. The number of carbonyl (C=O) groups is 2. The first-order chi connectivity index (χ1) is 14.4. The summed E-state index contributed by atoms with van der Waals surface area (Å²) in [5, 5.41) is 5.25. The fourth-order valence-corrected chi connectivity index (χ4v) is 3.82. The molecule has 0 aromatic heterocycles. The van der Waals surface area contributed by atoms with Crippen molar-refractivity contribution in [2.24, 2.45) is 0 Å². The summed E-state index contributed by atoms with van der Waals surface area (Å²) in [6.07, 6.45) is 0. The molecule has 2 amide bonds. The second kappa shape index (κ2) is 10.1. The van der Waals surface area contributed by atoms with Crippen LogP contribution in [0.5, 0.6) is 0 Å². The monoisotopic (exact) mass is 445 g/mol. The van der Waals surface area contributed by atoms with Crippen LogP contribution < -0.4 is 15.4 Å². The van der Waals surface area contributed by atoms with Gasteiger partial charge in [-0.2, -0.15) is 0 Å². The van der Waals surface area contributed by atoms with E-state index in [1.165, 1.54) is 0 Å². The quantitative estimate of drug-likeness (QED) is 0.581. The predicted molar refractivity (Wildman–Crippen MR) is 121 cm³/mol. The van der Waals surface area contributed by atoms with E-state index in [-0.39, 0.29) is 41.3 Å². The van der Waals surface area contributed by atoms with E-state index in [0.717, 1.165) is 5.56 Å². The van der Waals surface area contributed by atoms with Crippen molar-refractivity contribution in [3.8, 4) is 0 Å². The van der Waals surface area contributed by atoms with E-state index in [9.17, 15) is 18.0 Å². The van der Waals surface area contributed by atoms with Crippen molar-refractivity contribution < 1.29 is 18.0 Å². The van der Waals surface area contributed by atoms with Crippen molar-refractivity contribution in [2.45, 2.75) is 57.5 Å². The summed E-state index contributed by atoms with van der Waals surface area (Å²) < 4.78 is 27.7. The SMILES string of the molecule is CC(C)NC(=O)CNC(=O)c1ccc(CNS(=O)(=O)c2ccc(C(C)(C)C)cc2)cc1. The molecule has 0 bridgehead atoms. The van der Waals surface area contributed by atoms with Gasteiger partial charge in [0, 0.05) is 18.2 Å². The maximum absolute atomic E-state index is 12.6. The molecule has 8 heteroatoms. The number of hydrogen-bond acceptors (Lipinski definition) is 4. The van der Waals surface area contributed by atoms with Crippen molar-refractivity contribution in [2.75, 3.05) is 6.54 Å². The molecule has 2 rings (SSSR count). The van der Waals surface area contributed by atoms with Crippen molar-refractivity contribution >= 4 is 21.8 Å². The van der Waals surface area contributed by atoms with Gasteiger partial charge >= 0.3 is 0 Å². The third-order valence-electron chi connectivity index (χ3n) is 4.57. The van der Waals surface area contributed by atoms with E-state index in [4.69, 9.17) is 0 Å². The zero-order chi connectivity index (χ0) is 23.2. The van der Waals surface area contributed by atoms with E-state index in [1.807, 2.05) is 26.0 Å². The molecular weight excluding hydrogens is 414 g/mol.